The van der Waals surface area contributed by atoms with Gasteiger partial charge in [0, 0.05) is 13.1 Å². The molecule has 0 atom stereocenters. The summed E-state index contributed by atoms with van der Waals surface area (Å²) < 4.78 is 0. The highest BCUT2D eigenvalue weighted by atomic mass is 32.1. The van der Waals surface area contributed by atoms with Crippen molar-refractivity contribution in [2.24, 2.45) is 5.84 Å². The Labute approximate surface area is 103 Å². The molecule has 0 spiro atoms. The van der Waals surface area contributed by atoms with Gasteiger partial charge in [0.15, 0.2) is 0 Å². The summed E-state index contributed by atoms with van der Waals surface area (Å²) in [6.45, 7) is 5.90. The number of hydrogen-bond donors (Lipinski definition) is 3. The van der Waals surface area contributed by atoms with E-state index in [9.17, 15) is 4.79 Å². The molecule has 1 fully saturated rings. The maximum Gasteiger partial charge on any atom is 0.240 e. The lowest BCUT2D eigenvalue weighted by atomic mass is 9.99. The lowest BCUT2D eigenvalue weighted by Crippen LogP contribution is -2.61. The normalized spacial score (nSPS) is 20.1. The molecular formula is C9H16N6OS. The fourth-order valence-electron chi connectivity index (χ4n) is 1.76. The Hall–Kier alpha value is -1.25. The van der Waals surface area contributed by atoms with Gasteiger partial charge in [0.25, 0.3) is 0 Å². The van der Waals surface area contributed by atoms with Gasteiger partial charge >= 0.3 is 0 Å². The van der Waals surface area contributed by atoms with E-state index >= 15 is 0 Å². The zero-order chi connectivity index (χ0) is 12.5. The number of carbonyl (C=O) groups is 1. The van der Waals surface area contributed by atoms with Crippen LogP contribution < -0.4 is 16.6 Å². The molecular weight excluding hydrogens is 240 g/mol. The summed E-state index contributed by atoms with van der Waals surface area (Å²) in [5.74, 6) is 5.30. The van der Waals surface area contributed by atoms with Crippen LogP contribution in [0, 0.1) is 0 Å². The second kappa shape index (κ2) is 4.55. The van der Waals surface area contributed by atoms with Gasteiger partial charge in [-0.05, 0) is 13.8 Å². The van der Waals surface area contributed by atoms with Crippen molar-refractivity contribution in [2.45, 2.75) is 25.9 Å². The van der Waals surface area contributed by atoms with Gasteiger partial charge in [-0.2, -0.15) is 0 Å². The number of nitrogens with two attached hydrogens (primary N) is 1. The summed E-state index contributed by atoms with van der Waals surface area (Å²) in [5.41, 5.74) is 1.95. The smallest absolute Gasteiger partial charge is 0.240 e. The molecule has 2 rings (SSSR count). The lowest BCUT2D eigenvalue weighted by molar-refractivity contribution is -0.135. The molecule has 4 N–H and O–H groups in total. The predicted octanol–water partition coefficient (Wildman–Crippen LogP) is -0.466. The van der Waals surface area contributed by atoms with Gasteiger partial charge in [0.05, 0.1) is 12.1 Å². The first kappa shape index (κ1) is 12.2. The first-order valence-electron chi connectivity index (χ1n) is 5.36. The van der Waals surface area contributed by atoms with Crippen LogP contribution in [0.25, 0.3) is 0 Å². The molecule has 0 aromatic carbocycles. The molecule has 0 unspecified atom stereocenters. The van der Waals surface area contributed by atoms with Crippen molar-refractivity contribution < 1.29 is 4.79 Å². The molecule has 0 bridgehead atoms. The van der Waals surface area contributed by atoms with Gasteiger partial charge in [-0.1, -0.05) is 11.3 Å². The molecule has 1 aliphatic heterocycles. The van der Waals surface area contributed by atoms with Crippen LogP contribution in [0.4, 0.5) is 5.13 Å². The Bertz CT molecular complexity index is 417. The van der Waals surface area contributed by atoms with E-state index in [1.165, 1.54) is 11.3 Å². The van der Waals surface area contributed by atoms with Gasteiger partial charge in [0.2, 0.25) is 11.0 Å². The highest BCUT2D eigenvalue weighted by Gasteiger charge is 2.37. The number of nitrogen functional groups attached to an aromatic ring is 1. The van der Waals surface area contributed by atoms with E-state index in [0.717, 1.165) is 11.6 Å². The number of hydrogen-bond acceptors (Lipinski definition) is 7. The van der Waals surface area contributed by atoms with Crippen molar-refractivity contribution in [3.05, 3.63) is 5.01 Å². The van der Waals surface area contributed by atoms with Crippen LogP contribution in [-0.2, 0) is 11.3 Å². The van der Waals surface area contributed by atoms with Crippen molar-refractivity contribution in [2.75, 3.05) is 18.5 Å². The fraction of sp³-hybridized carbons (Fsp3) is 0.667. The molecule has 1 aromatic rings. The van der Waals surface area contributed by atoms with Crippen molar-refractivity contribution in [1.82, 2.24) is 20.4 Å². The molecule has 0 radical (unpaired) electrons. The summed E-state index contributed by atoms with van der Waals surface area (Å²) in [6.07, 6.45) is 0. The summed E-state index contributed by atoms with van der Waals surface area (Å²) in [4.78, 5) is 13.9. The Kier molecular flexibility index (Phi) is 3.27. The van der Waals surface area contributed by atoms with Gasteiger partial charge < -0.3 is 5.32 Å². The number of nitrogens with one attached hydrogen (secondary N) is 2. The summed E-state index contributed by atoms with van der Waals surface area (Å²) in [6, 6.07) is 0. The minimum absolute atomic E-state index is 0.0467. The minimum atomic E-state index is -0.514. The number of hydrazine groups is 1. The van der Waals surface area contributed by atoms with E-state index < -0.39 is 5.54 Å². The number of rotatable bonds is 3. The Balaban J connectivity index is 2.09. The Morgan fingerprint density at radius 3 is 3.00 bits per heavy atom. The maximum atomic E-state index is 11.8. The molecule has 8 heteroatoms. The number of aromatic nitrogens is 2. The molecule has 1 aromatic heterocycles. The van der Waals surface area contributed by atoms with Crippen molar-refractivity contribution >= 4 is 22.4 Å². The van der Waals surface area contributed by atoms with E-state index in [2.05, 4.69) is 25.8 Å². The van der Waals surface area contributed by atoms with Crippen LogP contribution in [0.15, 0.2) is 0 Å². The minimum Gasteiger partial charge on any atom is -0.353 e. The number of amides is 1. The number of piperazine rings is 1. The first-order chi connectivity index (χ1) is 8.04. The van der Waals surface area contributed by atoms with Gasteiger partial charge in [-0.25, -0.2) is 5.84 Å². The highest BCUT2D eigenvalue weighted by molar-refractivity contribution is 7.15. The van der Waals surface area contributed by atoms with E-state index in [0.29, 0.717) is 18.2 Å². The van der Waals surface area contributed by atoms with Crippen molar-refractivity contribution in [3.63, 3.8) is 0 Å². The van der Waals surface area contributed by atoms with Crippen LogP contribution in [0.1, 0.15) is 18.9 Å². The van der Waals surface area contributed by atoms with Crippen LogP contribution in [0.5, 0.6) is 0 Å². The highest BCUT2D eigenvalue weighted by Crippen LogP contribution is 2.23. The predicted molar refractivity (Wildman–Crippen MR) is 65.2 cm³/mol. The summed E-state index contributed by atoms with van der Waals surface area (Å²) in [5, 5.41) is 12.2. The van der Waals surface area contributed by atoms with Gasteiger partial charge in [-0.15, -0.1) is 10.2 Å². The molecule has 1 amide bonds. The van der Waals surface area contributed by atoms with E-state index in [1.54, 1.807) is 0 Å². The molecule has 7 nitrogen and oxygen atoms in total. The van der Waals surface area contributed by atoms with Crippen LogP contribution in [-0.4, -0.2) is 39.6 Å². The second-order valence-electron chi connectivity index (χ2n) is 4.38. The standard InChI is InChI=1S/C9H16N6OS/c1-9(2)7(16)11-3-4-15(9)5-6-13-14-8(12-10)17-6/h3-5,10H2,1-2H3,(H,11,16)(H,12,14). The Morgan fingerprint density at radius 1 is 1.59 bits per heavy atom. The SMILES string of the molecule is CC1(C)C(=O)NCCN1Cc1nnc(NN)s1. The largest absolute Gasteiger partial charge is 0.353 e. The molecule has 1 saturated heterocycles. The third kappa shape index (κ3) is 2.38. The maximum absolute atomic E-state index is 11.8. The van der Waals surface area contributed by atoms with Crippen molar-refractivity contribution in [3.8, 4) is 0 Å². The quantitative estimate of drug-likeness (QED) is 0.500. The third-order valence-electron chi connectivity index (χ3n) is 2.93. The third-order valence-corrected chi connectivity index (χ3v) is 3.77. The number of anilines is 1. The van der Waals surface area contributed by atoms with Crippen molar-refractivity contribution in [1.29, 1.82) is 0 Å². The summed E-state index contributed by atoms with van der Waals surface area (Å²) in [7, 11) is 0. The average molecular weight is 256 g/mol. The second-order valence-corrected chi connectivity index (χ2v) is 5.44. The van der Waals surface area contributed by atoms with E-state index in [-0.39, 0.29) is 5.91 Å². The zero-order valence-electron chi connectivity index (χ0n) is 9.86. The summed E-state index contributed by atoms with van der Waals surface area (Å²) >= 11 is 1.40. The number of nitrogens with zero attached hydrogens (tertiary/aromatic N) is 3. The van der Waals surface area contributed by atoms with E-state index in [4.69, 9.17) is 5.84 Å². The first-order valence-corrected chi connectivity index (χ1v) is 6.18. The average Bonchev–Trinajstić information content (AvgIpc) is 2.73. The zero-order valence-corrected chi connectivity index (χ0v) is 10.7. The Morgan fingerprint density at radius 2 is 2.35 bits per heavy atom. The van der Waals surface area contributed by atoms with Crippen LogP contribution in [0.2, 0.25) is 0 Å². The monoisotopic (exact) mass is 256 g/mol. The van der Waals surface area contributed by atoms with Crippen LogP contribution >= 0.6 is 11.3 Å². The topological polar surface area (TPSA) is 96.2 Å². The van der Waals surface area contributed by atoms with Gasteiger partial charge in [-0.3, -0.25) is 15.1 Å². The van der Waals surface area contributed by atoms with Gasteiger partial charge in [0.1, 0.15) is 5.01 Å². The fourth-order valence-corrected chi connectivity index (χ4v) is 2.43. The molecule has 17 heavy (non-hydrogen) atoms. The molecule has 94 valence electrons. The number of carbonyl (C=O) groups excluding carboxylic acids is 1. The molecule has 0 aliphatic carbocycles. The van der Waals surface area contributed by atoms with Crippen LogP contribution in [0.3, 0.4) is 0 Å². The molecule has 1 aliphatic rings. The lowest BCUT2D eigenvalue weighted by Gasteiger charge is -2.40. The molecule has 2 heterocycles. The van der Waals surface area contributed by atoms with E-state index in [1.807, 2.05) is 13.8 Å². The molecule has 0 saturated carbocycles.